The van der Waals surface area contributed by atoms with E-state index in [4.69, 9.17) is 4.42 Å². The van der Waals surface area contributed by atoms with Gasteiger partial charge in [-0.25, -0.2) is 9.78 Å². The summed E-state index contributed by atoms with van der Waals surface area (Å²) < 4.78 is 7.11. The molecule has 0 aliphatic rings. The summed E-state index contributed by atoms with van der Waals surface area (Å²) in [6, 6.07) is 16.6. The summed E-state index contributed by atoms with van der Waals surface area (Å²) in [5.41, 5.74) is 0.895. The highest BCUT2D eigenvalue weighted by atomic mass is 32.2. The zero-order valence-corrected chi connectivity index (χ0v) is 14.0. The number of benzene rings is 2. The van der Waals surface area contributed by atoms with Crippen LogP contribution in [0, 0.1) is 0 Å². The molecule has 0 spiro atoms. The van der Waals surface area contributed by atoms with Gasteiger partial charge in [0.15, 0.2) is 10.1 Å². The maximum absolute atomic E-state index is 12.4. The standard InChI is InChI=1S/C18H11NO3S2/c20-14(10-23-18-19-13-6-2-4-8-16(13)24-18)12-9-11-5-1-3-7-15(11)22-17(12)21/h1-9H,10H2. The van der Waals surface area contributed by atoms with Crippen molar-refractivity contribution in [2.75, 3.05) is 5.75 Å². The second-order valence-corrected chi connectivity index (χ2v) is 7.40. The molecule has 6 heteroatoms. The lowest BCUT2D eigenvalue weighted by Crippen LogP contribution is -2.15. The third kappa shape index (κ3) is 2.86. The topological polar surface area (TPSA) is 60.2 Å². The quantitative estimate of drug-likeness (QED) is 0.310. The molecule has 0 saturated carbocycles. The number of ketones is 1. The first-order valence-electron chi connectivity index (χ1n) is 7.25. The number of aromatic nitrogens is 1. The average Bonchev–Trinajstić information content (AvgIpc) is 3.02. The van der Waals surface area contributed by atoms with E-state index in [-0.39, 0.29) is 17.1 Å². The van der Waals surface area contributed by atoms with Crippen LogP contribution < -0.4 is 5.63 Å². The first-order chi connectivity index (χ1) is 11.7. The van der Waals surface area contributed by atoms with Crippen LogP contribution in [0.1, 0.15) is 10.4 Å². The van der Waals surface area contributed by atoms with E-state index in [1.165, 1.54) is 23.1 Å². The molecule has 2 heterocycles. The fourth-order valence-corrected chi connectivity index (χ4v) is 4.33. The van der Waals surface area contributed by atoms with Crippen molar-refractivity contribution in [3.8, 4) is 0 Å². The molecule has 0 aliphatic heterocycles. The number of para-hydroxylation sites is 2. The molecule has 4 nitrogen and oxygen atoms in total. The van der Waals surface area contributed by atoms with Gasteiger partial charge in [0.25, 0.3) is 0 Å². The minimum atomic E-state index is -0.594. The smallest absolute Gasteiger partial charge is 0.347 e. The fraction of sp³-hybridized carbons (Fsp3) is 0.0556. The van der Waals surface area contributed by atoms with Gasteiger partial charge in [0.05, 0.1) is 16.0 Å². The molecular weight excluding hydrogens is 342 g/mol. The zero-order chi connectivity index (χ0) is 16.5. The number of nitrogens with zero attached hydrogens (tertiary/aromatic N) is 1. The Morgan fingerprint density at radius 3 is 2.79 bits per heavy atom. The summed E-state index contributed by atoms with van der Waals surface area (Å²) in [6.45, 7) is 0. The van der Waals surface area contributed by atoms with E-state index in [1.54, 1.807) is 18.2 Å². The van der Waals surface area contributed by atoms with Gasteiger partial charge in [-0.05, 0) is 24.3 Å². The normalized spacial score (nSPS) is 11.2. The SMILES string of the molecule is O=C(CSc1nc2ccccc2s1)c1cc2ccccc2oc1=O. The van der Waals surface area contributed by atoms with Gasteiger partial charge in [0.2, 0.25) is 0 Å². The Bertz CT molecular complexity index is 1080. The molecule has 0 N–H and O–H groups in total. The van der Waals surface area contributed by atoms with Gasteiger partial charge in [0.1, 0.15) is 11.1 Å². The van der Waals surface area contributed by atoms with Crippen molar-refractivity contribution >= 4 is 50.1 Å². The third-order valence-corrected chi connectivity index (χ3v) is 5.72. The second kappa shape index (κ2) is 6.22. The molecule has 0 saturated heterocycles. The van der Waals surface area contributed by atoms with Gasteiger partial charge in [-0.2, -0.15) is 0 Å². The van der Waals surface area contributed by atoms with Crippen molar-refractivity contribution in [1.82, 2.24) is 4.98 Å². The van der Waals surface area contributed by atoms with Gasteiger partial charge in [-0.1, -0.05) is 42.1 Å². The highest BCUT2D eigenvalue weighted by Crippen LogP contribution is 2.29. The fourth-order valence-electron chi connectivity index (χ4n) is 2.37. The van der Waals surface area contributed by atoms with Crippen LogP contribution in [0.3, 0.4) is 0 Å². The molecule has 118 valence electrons. The molecule has 4 aromatic rings. The van der Waals surface area contributed by atoms with E-state index in [9.17, 15) is 9.59 Å². The monoisotopic (exact) mass is 353 g/mol. The molecule has 2 aromatic carbocycles. The van der Waals surface area contributed by atoms with Crippen LogP contribution in [-0.2, 0) is 0 Å². The Kier molecular flexibility index (Phi) is 3.92. The number of hydrogen-bond acceptors (Lipinski definition) is 6. The summed E-state index contributed by atoms with van der Waals surface area (Å²) >= 11 is 2.88. The third-order valence-electron chi connectivity index (χ3n) is 3.54. The molecule has 0 atom stereocenters. The summed E-state index contributed by atoms with van der Waals surface area (Å²) in [5, 5.41) is 0.741. The highest BCUT2D eigenvalue weighted by Gasteiger charge is 2.15. The zero-order valence-electron chi connectivity index (χ0n) is 12.4. The van der Waals surface area contributed by atoms with E-state index < -0.39 is 5.63 Å². The Morgan fingerprint density at radius 1 is 1.12 bits per heavy atom. The van der Waals surface area contributed by atoms with Crippen molar-refractivity contribution in [2.24, 2.45) is 0 Å². The van der Waals surface area contributed by atoms with Crippen LogP contribution in [0.15, 0.2) is 68.1 Å². The van der Waals surface area contributed by atoms with Crippen LogP contribution >= 0.6 is 23.1 Å². The number of thiazole rings is 1. The molecule has 0 unspecified atom stereocenters. The van der Waals surface area contributed by atoms with Gasteiger partial charge in [-0.3, -0.25) is 4.79 Å². The van der Waals surface area contributed by atoms with E-state index >= 15 is 0 Å². The summed E-state index contributed by atoms with van der Waals surface area (Å²) in [7, 11) is 0. The lowest BCUT2D eigenvalue weighted by Gasteiger charge is -2.00. The molecule has 2 aromatic heterocycles. The lowest BCUT2D eigenvalue weighted by atomic mass is 10.1. The first-order valence-corrected chi connectivity index (χ1v) is 9.05. The van der Waals surface area contributed by atoms with E-state index in [0.717, 1.165) is 19.9 Å². The Labute approximate surface area is 145 Å². The summed E-state index contributed by atoms with van der Waals surface area (Å²) in [4.78, 5) is 28.9. The van der Waals surface area contributed by atoms with Crippen molar-refractivity contribution in [2.45, 2.75) is 4.34 Å². The molecular formula is C18H11NO3S2. The Balaban J connectivity index is 1.57. The number of Topliss-reactive ketones (excluding diaryl/α,β-unsaturated/α-hetero) is 1. The van der Waals surface area contributed by atoms with Crippen molar-refractivity contribution < 1.29 is 9.21 Å². The number of carbonyl (C=O) groups is 1. The molecule has 0 bridgehead atoms. The second-order valence-electron chi connectivity index (χ2n) is 5.14. The van der Waals surface area contributed by atoms with Crippen molar-refractivity contribution in [1.29, 1.82) is 0 Å². The van der Waals surface area contributed by atoms with Gasteiger partial charge in [0, 0.05) is 5.39 Å². The minimum absolute atomic E-state index is 0.0855. The number of thioether (sulfide) groups is 1. The number of hydrogen-bond donors (Lipinski definition) is 0. The first kappa shape index (κ1) is 15.1. The molecule has 24 heavy (non-hydrogen) atoms. The molecule has 0 radical (unpaired) electrons. The van der Waals surface area contributed by atoms with E-state index in [1.807, 2.05) is 36.4 Å². The van der Waals surface area contributed by atoms with Crippen LogP contribution in [-0.4, -0.2) is 16.5 Å². The van der Waals surface area contributed by atoms with Crippen LogP contribution in [0.5, 0.6) is 0 Å². The predicted octanol–water partition coefficient (Wildman–Crippen LogP) is 4.38. The summed E-state index contributed by atoms with van der Waals surface area (Å²) in [5.74, 6) is -0.0955. The largest absolute Gasteiger partial charge is 0.422 e. The van der Waals surface area contributed by atoms with Crippen LogP contribution in [0.4, 0.5) is 0 Å². The molecule has 4 rings (SSSR count). The lowest BCUT2D eigenvalue weighted by molar-refractivity contribution is 0.101. The van der Waals surface area contributed by atoms with Gasteiger partial charge < -0.3 is 4.42 Å². The minimum Gasteiger partial charge on any atom is -0.422 e. The number of carbonyl (C=O) groups excluding carboxylic acids is 1. The average molecular weight is 353 g/mol. The highest BCUT2D eigenvalue weighted by molar-refractivity contribution is 8.01. The Morgan fingerprint density at radius 2 is 1.92 bits per heavy atom. The van der Waals surface area contributed by atoms with Crippen LogP contribution in [0.25, 0.3) is 21.2 Å². The van der Waals surface area contributed by atoms with Crippen molar-refractivity contribution in [3.05, 3.63) is 70.6 Å². The maximum Gasteiger partial charge on any atom is 0.347 e. The van der Waals surface area contributed by atoms with E-state index in [2.05, 4.69) is 4.98 Å². The summed E-state index contributed by atoms with van der Waals surface area (Å²) in [6.07, 6.45) is 0. The maximum atomic E-state index is 12.4. The van der Waals surface area contributed by atoms with E-state index in [0.29, 0.717) is 5.58 Å². The van der Waals surface area contributed by atoms with Crippen LogP contribution in [0.2, 0.25) is 0 Å². The number of rotatable bonds is 4. The Hall–Kier alpha value is -2.44. The molecule has 0 amide bonds. The van der Waals surface area contributed by atoms with Gasteiger partial charge >= 0.3 is 5.63 Å². The van der Waals surface area contributed by atoms with Gasteiger partial charge in [-0.15, -0.1) is 11.3 Å². The predicted molar refractivity (Wildman–Crippen MR) is 97.2 cm³/mol. The van der Waals surface area contributed by atoms with Crippen molar-refractivity contribution in [3.63, 3.8) is 0 Å². The molecule has 0 fully saturated rings. The number of fused-ring (bicyclic) bond motifs is 2. The molecule has 0 aliphatic carbocycles.